The van der Waals surface area contributed by atoms with Crippen molar-refractivity contribution < 1.29 is 24.3 Å². The van der Waals surface area contributed by atoms with Crippen LogP contribution in [0.1, 0.15) is 33.4 Å². The third-order valence-electron chi connectivity index (χ3n) is 7.64. The standard InChI is InChI=1S/C32H37N5O5/c1-19-12-24(38)13-20(2)25(19)16-26(33)32(42)37-18-23-11-7-6-10-22(23)15-28(37)31(41)35-17-29(39)36-27(30(34)40)14-21-8-4-3-5-9-21/h3-13,26-28,38H,14-18,33H2,1-2H3,(H2,34,40)(H,35,41)(H,36,39)/t26-,27-,28+/m0/s1. The maximum Gasteiger partial charge on any atom is 0.243 e. The average molecular weight is 572 g/mol. The topological polar surface area (TPSA) is 168 Å². The smallest absolute Gasteiger partial charge is 0.243 e. The zero-order valence-corrected chi connectivity index (χ0v) is 23.8. The number of phenolic OH excluding ortho intramolecular Hbond substituents is 1. The van der Waals surface area contributed by atoms with E-state index in [1.165, 1.54) is 4.90 Å². The first-order valence-electron chi connectivity index (χ1n) is 13.9. The Balaban J connectivity index is 1.45. The van der Waals surface area contributed by atoms with Crippen molar-refractivity contribution >= 4 is 23.6 Å². The van der Waals surface area contributed by atoms with Crippen molar-refractivity contribution in [3.8, 4) is 5.75 Å². The van der Waals surface area contributed by atoms with Gasteiger partial charge in [0.1, 0.15) is 17.8 Å². The van der Waals surface area contributed by atoms with Crippen molar-refractivity contribution in [2.75, 3.05) is 6.54 Å². The van der Waals surface area contributed by atoms with Crippen LogP contribution in [0.3, 0.4) is 0 Å². The predicted octanol–water partition coefficient (Wildman–Crippen LogP) is 1.16. The molecule has 1 heterocycles. The first-order chi connectivity index (χ1) is 20.0. The zero-order chi connectivity index (χ0) is 30.4. The molecule has 0 aliphatic carbocycles. The molecule has 220 valence electrons. The van der Waals surface area contributed by atoms with E-state index in [4.69, 9.17) is 11.5 Å². The van der Waals surface area contributed by atoms with Crippen LogP contribution in [0.15, 0.2) is 66.7 Å². The van der Waals surface area contributed by atoms with E-state index in [0.29, 0.717) is 0 Å². The Kier molecular flexibility index (Phi) is 9.59. The van der Waals surface area contributed by atoms with Crippen LogP contribution in [0, 0.1) is 13.8 Å². The fourth-order valence-electron chi connectivity index (χ4n) is 5.40. The molecule has 0 unspecified atom stereocenters. The lowest BCUT2D eigenvalue weighted by molar-refractivity contribution is -0.143. The van der Waals surface area contributed by atoms with Gasteiger partial charge >= 0.3 is 0 Å². The summed E-state index contributed by atoms with van der Waals surface area (Å²) in [5, 5.41) is 15.1. The Bertz CT molecular complexity index is 1450. The third-order valence-corrected chi connectivity index (χ3v) is 7.64. The maximum absolute atomic E-state index is 13.7. The molecule has 10 heteroatoms. The van der Waals surface area contributed by atoms with Crippen LogP contribution in [0.4, 0.5) is 0 Å². The summed E-state index contributed by atoms with van der Waals surface area (Å²) in [6.45, 7) is 3.50. The summed E-state index contributed by atoms with van der Waals surface area (Å²) in [6.07, 6.45) is 0.717. The van der Waals surface area contributed by atoms with E-state index in [1.807, 2.05) is 68.4 Å². The molecule has 0 aromatic heterocycles. The Hall–Kier alpha value is -4.70. The number of benzene rings is 3. The highest BCUT2D eigenvalue weighted by atomic mass is 16.3. The summed E-state index contributed by atoms with van der Waals surface area (Å²) in [6, 6.07) is 17.2. The second-order valence-electron chi connectivity index (χ2n) is 10.8. The van der Waals surface area contributed by atoms with E-state index in [0.717, 1.165) is 33.4 Å². The van der Waals surface area contributed by atoms with Gasteiger partial charge in [-0.05, 0) is 65.8 Å². The van der Waals surface area contributed by atoms with Crippen LogP contribution in [-0.2, 0) is 45.0 Å². The van der Waals surface area contributed by atoms with Crippen LogP contribution in [0.25, 0.3) is 0 Å². The van der Waals surface area contributed by atoms with Gasteiger partial charge in [-0.1, -0.05) is 54.6 Å². The molecule has 4 amide bonds. The number of hydrogen-bond donors (Lipinski definition) is 5. The molecular weight excluding hydrogens is 534 g/mol. The molecule has 0 saturated heterocycles. The number of hydrogen-bond acceptors (Lipinski definition) is 6. The van der Waals surface area contributed by atoms with Crippen molar-refractivity contribution in [2.45, 2.75) is 57.8 Å². The van der Waals surface area contributed by atoms with Gasteiger partial charge < -0.3 is 32.1 Å². The summed E-state index contributed by atoms with van der Waals surface area (Å²) < 4.78 is 0. The van der Waals surface area contributed by atoms with Gasteiger partial charge in [-0.15, -0.1) is 0 Å². The molecule has 42 heavy (non-hydrogen) atoms. The highest BCUT2D eigenvalue weighted by molar-refractivity contribution is 5.93. The average Bonchev–Trinajstić information content (AvgIpc) is 2.96. The summed E-state index contributed by atoms with van der Waals surface area (Å²) >= 11 is 0. The molecule has 0 bridgehead atoms. The van der Waals surface area contributed by atoms with Crippen LogP contribution >= 0.6 is 0 Å². The molecule has 0 radical (unpaired) electrons. The molecular formula is C32H37N5O5. The number of aryl methyl sites for hydroxylation is 2. The van der Waals surface area contributed by atoms with Crippen molar-refractivity contribution in [3.63, 3.8) is 0 Å². The number of phenols is 1. The van der Waals surface area contributed by atoms with Crippen LogP contribution in [0.5, 0.6) is 5.75 Å². The van der Waals surface area contributed by atoms with Gasteiger partial charge in [0.05, 0.1) is 12.6 Å². The second-order valence-corrected chi connectivity index (χ2v) is 10.8. The summed E-state index contributed by atoms with van der Waals surface area (Å²) in [7, 11) is 0. The highest BCUT2D eigenvalue weighted by Crippen LogP contribution is 2.26. The number of nitrogens with one attached hydrogen (secondary N) is 2. The van der Waals surface area contributed by atoms with Crippen molar-refractivity contribution in [3.05, 3.63) is 100 Å². The van der Waals surface area contributed by atoms with Gasteiger partial charge in [-0.25, -0.2) is 0 Å². The zero-order valence-electron chi connectivity index (χ0n) is 23.8. The van der Waals surface area contributed by atoms with Crippen molar-refractivity contribution in [1.82, 2.24) is 15.5 Å². The van der Waals surface area contributed by atoms with E-state index < -0.39 is 48.3 Å². The fraction of sp³-hybridized carbons (Fsp3) is 0.312. The number of nitrogens with two attached hydrogens (primary N) is 2. The summed E-state index contributed by atoms with van der Waals surface area (Å²) in [4.78, 5) is 53.2. The van der Waals surface area contributed by atoms with Crippen LogP contribution in [0.2, 0.25) is 0 Å². The lowest BCUT2D eigenvalue weighted by atomic mass is 9.91. The Morgan fingerprint density at radius 2 is 1.57 bits per heavy atom. The van der Waals surface area contributed by atoms with Gasteiger partial charge in [-0.3, -0.25) is 19.2 Å². The van der Waals surface area contributed by atoms with Gasteiger partial charge in [0.15, 0.2) is 0 Å². The summed E-state index contributed by atoms with van der Waals surface area (Å²) in [5.74, 6) is -2.02. The molecule has 3 atom stereocenters. The lowest BCUT2D eigenvalue weighted by Crippen LogP contribution is -2.57. The number of nitrogens with zero attached hydrogens (tertiary/aromatic N) is 1. The van der Waals surface area contributed by atoms with Gasteiger partial charge in [0.25, 0.3) is 0 Å². The number of primary amides is 1. The molecule has 10 nitrogen and oxygen atoms in total. The van der Waals surface area contributed by atoms with Gasteiger partial charge in [-0.2, -0.15) is 0 Å². The number of fused-ring (bicyclic) bond motifs is 1. The molecule has 4 rings (SSSR count). The number of rotatable bonds is 10. The van der Waals surface area contributed by atoms with E-state index in [-0.39, 0.29) is 31.6 Å². The fourth-order valence-corrected chi connectivity index (χ4v) is 5.40. The van der Waals surface area contributed by atoms with E-state index in [2.05, 4.69) is 10.6 Å². The number of carbonyl (C=O) groups excluding carboxylic acids is 4. The molecule has 1 aliphatic rings. The van der Waals surface area contributed by atoms with Gasteiger partial charge in [0, 0.05) is 19.4 Å². The molecule has 0 fully saturated rings. The minimum Gasteiger partial charge on any atom is -0.508 e. The molecule has 3 aromatic rings. The number of aromatic hydroxyl groups is 1. The molecule has 7 N–H and O–H groups in total. The van der Waals surface area contributed by atoms with E-state index >= 15 is 0 Å². The summed E-state index contributed by atoms with van der Waals surface area (Å²) in [5.41, 5.74) is 17.1. The predicted molar refractivity (Wildman–Crippen MR) is 158 cm³/mol. The third kappa shape index (κ3) is 7.32. The minimum atomic E-state index is -0.943. The van der Waals surface area contributed by atoms with E-state index in [9.17, 15) is 24.3 Å². The SMILES string of the molecule is Cc1cc(O)cc(C)c1C[C@H](N)C(=O)N1Cc2ccccc2C[C@@H]1C(=O)NCC(=O)N[C@@H](Cc1ccccc1)C(N)=O. The second kappa shape index (κ2) is 13.3. The highest BCUT2D eigenvalue weighted by Gasteiger charge is 2.37. The number of carbonyl (C=O) groups is 4. The van der Waals surface area contributed by atoms with Crippen LogP contribution in [-0.4, -0.2) is 58.3 Å². The Morgan fingerprint density at radius 3 is 2.21 bits per heavy atom. The monoisotopic (exact) mass is 571 g/mol. The normalized spacial score (nSPS) is 15.7. The first kappa shape index (κ1) is 30.3. The Morgan fingerprint density at radius 1 is 0.952 bits per heavy atom. The lowest BCUT2D eigenvalue weighted by Gasteiger charge is -2.37. The first-order valence-corrected chi connectivity index (χ1v) is 13.9. The molecule has 0 saturated carbocycles. The quantitative estimate of drug-likeness (QED) is 0.245. The largest absolute Gasteiger partial charge is 0.508 e. The van der Waals surface area contributed by atoms with Gasteiger partial charge in [0.2, 0.25) is 23.6 Å². The van der Waals surface area contributed by atoms with Crippen LogP contribution < -0.4 is 22.1 Å². The van der Waals surface area contributed by atoms with Crippen molar-refractivity contribution in [2.24, 2.45) is 11.5 Å². The number of amides is 4. The molecule has 0 spiro atoms. The van der Waals surface area contributed by atoms with E-state index in [1.54, 1.807) is 12.1 Å². The minimum absolute atomic E-state index is 0.143. The molecule has 3 aromatic carbocycles. The van der Waals surface area contributed by atoms with Crippen molar-refractivity contribution in [1.29, 1.82) is 0 Å². The maximum atomic E-state index is 13.7. The molecule has 1 aliphatic heterocycles. The Labute approximate surface area is 245 Å².